The molecule has 0 spiro atoms. The van der Waals surface area contributed by atoms with Gasteiger partial charge in [-0.15, -0.1) is 0 Å². The van der Waals surface area contributed by atoms with Crippen molar-refractivity contribution in [1.29, 1.82) is 0 Å². The quantitative estimate of drug-likeness (QED) is 0.769. The summed E-state index contributed by atoms with van der Waals surface area (Å²) in [5.74, 6) is 0.522. The van der Waals surface area contributed by atoms with E-state index in [0.29, 0.717) is 10.0 Å². The van der Waals surface area contributed by atoms with Crippen molar-refractivity contribution in [2.24, 2.45) is 0 Å². The van der Waals surface area contributed by atoms with E-state index < -0.39 is 0 Å². The molecule has 2 rings (SSSR count). The van der Waals surface area contributed by atoms with E-state index in [2.05, 4.69) is 0 Å². The Balaban J connectivity index is 0.000000541. The van der Waals surface area contributed by atoms with Crippen molar-refractivity contribution < 1.29 is 4.74 Å². The Kier molecular flexibility index (Phi) is 7.81. The van der Waals surface area contributed by atoms with Gasteiger partial charge in [-0.25, -0.2) is 0 Å². The van der Waals surface area contributed by atoms with Gasteiger partial charge >= 0.3 is 0 Å². The fourth-order valence-electron chi connectivity index (χ4n) is 1.74. The Morgan fingerprint density at radius 3 is 2.00 bits per heavy atom. The van der Waals surface area contributed by atoms with Crippen LogP contribution in [0.3, 0.4) is 0 Å². The summed E-state index contributed by atoms with van der Waals surface area (Å²) < 4.78 is 5.11. The van der Waals surface area contributed by atoms with Gasteiger partial charge in [0.2, 0.25) is 0 Å². The lowest BCUT2D eigenvalue weighted by Gasteiger charge is -2.15. The summed E-state index contributed by atoms with van der Waals surface area (Å²) >= 11 is 12.0. The summed E-state index contributed by atoms with van der Waals surface area (Å²) in [5, 5.41) is 1.18. The van der Waals surface area contributed by atoms with Gasteiger partial charge in [0.1, 0.15) is 5.75 Å². The minimum absolute atomic E-state index is 0.277. The number of ether oxygens (including phenoxy) is 1. The van der Waals surface area contributed by atoms with Gasteiger partial charge in [-0.1, -0.05) is 41.4 Å². The van der Waals surface area contributed by atoms with E-state index in [1.165, 1.54) is 0 Å². The first-order chi connectivity index (χ1) is 10.3. The first kappa shape index (κ1) is 18.9. The molecule has 0 aliphatic rings. The van der Waals surface area contributed by atoms with Gasteiger partial charge < -0.3 is 9.64 Å². The number of hydrogen-bond donors (Lipinski definition) is 0. The third kappa shape index (κ3) is 5.92. The molecular formula is C17H20BCl2NO. The second kappa shape index (κ2) is 9.09. The molecule has 0 aliphatic carbocycles. The standard InChI is InChI=1S/C14H11BCl2O.C3H9N/c1-18-11-5-2-9(3-6-11)14(15)12-7-4-10(16)8-13(12)17;1-4(2)3/h2-8,14H,1H3;1-3H3. The van der Waals surface area contributed by atoms with Crippen molar-refractivity contribution >= 4 is 31.0 Å². The molecular weight excluding hydrogens is 316 g/mol. The van der Waals surface area contributed by atoms with E-state index >= 15 is 0 Å². The van der Waals surface area contributed by atoms with Crippen LogP contribution in [0.4, 0.5) is 0 Å². The summed E-state index contributed by atoms with van der Waals surface area (Å²) in [4.78, 5) is 2.00. The topological polar surface area (TPSA) is 12.5 Å². The molecule has 1 atom stereocenters. The minimum atomic E-state index is -0.277. The SMILES string of the molecule is CN(C)C.[B]C(c1ccc(OC)cc1)c1ccc(Cl)cc1Cl. The fourth-order valence-corrected chi connectivity index (χ4v) is 2.27. The monoisotopic (exact) mass is 335 g/mol. The van der Waals surface area contributed by atoms with Crippen molar-refractivity contribution in [2.75, 3.05) is 28.3 Å². The highest BCUT2D eigenvalue weighted by molar-refractivity contribution is 6.35. The summed E-state index contributed by atoms with van der Waals surface area (Å²) in [6.07, 6.45) is 0. The van der Waals surface area contributed by atoms with Gasteiger partial charge in [0.05, 0.1) is 15.0 Å². The van der Waals surface area contributed by atoms with E-state index in [-0.39, 0.29) is 5.82 Å². The Morgan fingerprint density at radius 2 is 1.55 bits per heavy atom. The van der Waals surface area contributed by atoms with Crippen molar-refractivity contribution in [2.45, 2.75) is 5.82 Å². The molecule has 1 unspecified atom stereocenters. The molecule has 0 aromatic heterocycles. The number of benzene rings is 2. The number of nitrogens with zero attached hydrogens (tertiary/aromatic N) is 1. The molecule has 0 N–H and O–H groups in total. The Hall–Kier alpha value is -1.16. The molecule has 0 heterocycles. The highest BCUT2D eigenvalue weighted by atomic mass is 35.5. The van der Waals surface area contributed by atoms with E-state index in [4.69, 9.17) is 35.8 Å². The molecule has 0 aliphatic heterocycles. The Bertz CT molecular complexity index is 585. The average molecular weight is 336 g/mol. The zero-order chi connectivity index (χ0) is 16.7. The predicted octanol–water partition coefficient (Wildman–Crippen LogP) is 4.44. The van der Waals surface area contributed by atoms with Crippen molar-refractivity contribution in [3.8, 4) is 5.75 Å². The van der Waals surface area contributed by atoms with Crippen LogP contribution in [0.15, 0.2) is 42.5 Å². The number of hydrogen-bond acceptors (Lipinski definition) is 2. The summed E-state index contributed by atoms with van der Waals surface area (Å²) in [5.41, 5.74) is 1.83. The average Bonchev–Trinajstić information content (AvgIpc) is 2.46. The smallest absolute Gasteiger partial charge is 0.118 e. The van der Waals surface area contributed by atoms with Gasteiger partial charge in [-0.2, -0.15) is 0 Å². The van der Waals surface area contributed by atoms with Crippen molar-refractivity contribution in [3.63, 3.8) is 0 Å². The maximum atomic E-state index is 6.19. The first-order valence-electron chi connectivity index (χ1n) is 6.80. The van der Waals surface area contributed by atoms with Gasteiger partial charge in [-0.05, 0) is 62.4 Å². The second-order valence-corrected chi connectivity index (χ2v) is 6.10. The lowest BCUT2D eigenvalue weighted by Crippen LogP contribution is -2.01. The normalized spacial score (nSPS) is 11.6. The third-order valence-electron chi connectivity index (χ3n) is 2.77. The van der Waals surface area contributed by atoms with Crippen molar-refractivity contribution in [3.05, 3.63) is 63.6 Å². The molecule has 116 valence electrons. The molecule has 0 saturated carbocycles. The molecule has 2 aromatic carbocycles. The zero-order valence-electron chi connectivity index (χ0n) is 13.3. The first-order valence-corrected chi connectivity index (χ1v) is 7.56. The van der Waals surface area contributed by atoms with Crippen LogP contribution in [-0.4, -0.2) is 41.0 Å². The molecule has 2 nitrogen and oxygen atoms in total. The maximum Gasteiger partial charge on any atom is 0.118 e. The van der Waals surface area contributed by atoms with Crippen LogP contribution in [-0.2, 0) is 0 Å². The van der Waals surface area contributed by atoms with E-state index in [1.807, 2.05) is 56.4 Å². The Morgan fingerprint density at radius 1 is 1.00 bits per heavy atom. The van der Waals surface area contributed by atoms with Crippen LogP contribution < -0.4 is 4.74 Å². The van der Waals surface area contributed by atoms with Crippen LogP contribution in [0.2, 0.25) is 10.0 Å². The van der Waals surface area contributed by atoms with Gasteiger partial charge in [0, 0.05) is 10.0 Å². The molecule has 5 heteroatoms. The van der Waals surface area contributed by atoms with Crippen LogP contribution in [0, 0.1) is 0 Å². The third-order valence-corrected chi connectivity index (χ3v) is 3.33. The lowest BCUT2D eigenvalue weighted by molar-refractivity contribution is 0.414. The highest BCUT2D eigenvalue weighted by Crippen LogP contribution is 2.30. The molecule has 22 heavy (non-hydrogen) atoms. The number of rotatable bonds is 3. The van der Waals surface area contributed by atoms with Crippen LogP contribution in [0.5, 0.6) is 5.75 Å². The van der Waals surface area contributed by atoms with Gasteiger partial charge in [0.15, 0.2) is 0 Å². The van der Waals surface area contributed by atoms with Gasteiger partial charge in [-0.3, -0.25) is 0 Å². The molecule has 0 fully saturated rings. The van der Waals surface area contributed by atoms with Crippen LogP contribution in [0.1, 0.15) is 16.9 Å². The van der Waals surface area contributed by atoms with Crippen LogP contribution in [0.25, 0.3) is 0 Å². The maximum absolute atomic E-state index is 6.19. The lowest BCUT2D eigenvalue weighted by atomic mass is 9.76. The van der Waals surface area contributed by atoms with Crippen LogP contribution >= 0.6 is 23.2 Å². The minimum Gasteiger partial charge on any atom is -0.497 e. The van der Waals surface area contributed by atoms with E-state index in [1.54, 1.807) is 19.2 Å². The molecule has 0 saturated heterocycles. The summed E-state index contributed by atoms with van der Waals surface area (Å²) in [6.45, 7) is 0. The van der Waals surface area contributed by atoms with E-state index in [0.717, 1.165) is 16.9 Å². The van der Waals surface area contributed by atoms with E-state index in [9.17, 15) is 0 Å². The van der Waals surface area contributed by atoms with Gasteiger partial charge in [0.25, 0.3) is 0 Å². The van der Waals surface area contributed by atoms with Crippen molar-refractivity contribution in [1.82, 2.24) is 4.90 Å². The Labute approximate surface area is 144 Å². The number of halogens is 2. The molecule has 0 amide bonds. The second-order valence-electron chi connectivity index (χ2n) is 5.26. The largest absolute Gasteiger partial charge is 0.497 e. The number of methoxy groups -OCH3 is 1. The molecule has 0 bridgehead atoms. The highest BCUT2D eigenvalue weighted by Gasteiger charge is 2.11. The molecule has 2 radical (unpaired) electrons. The predicted molar refractivity (Wildman–Crippen MR) is 96.7 cm³/mol. The fraction of sp³-hybridized carbons (Fsp3) is 0.294. The molecule has 2 aromatic rings. The zero-order valence-corrected chi connectivity index (χ0v) is 14.8. The summed E-state index contributed by atoms with van der Waals surface area (Å²) in [6, 6.07) is 12.9. The summed E-state index contributed by atoms with van der Waals surface area (Å²) in [7, 11) is 13.8.